The summed E-state index contributed by atoms with van der Waals surface area (Å²) in [5.41, 5.74) is 12.5. The van der Waals surface area contributed by atoms with Gasteiger partial charge in [-0.2, -0.15) is 5.01 Å². The molecule has 0 spiro atoms. The maximum absolute atomic E-state index is 12.8. The fourth-order valence-corrected chi connectivity index (χ4v) is 4.32. The number of ether oxygens (including phenoxy) is 2. The van der Waals surface area contributed by atoms with Gasteiger partial charge in [-0.3, -0.25) is 9.80 Å². The number of nitrogens with two attached hydrogens (primary N) is 2. The molecule has 0 aliphatic carbocycles. The largest absolute Gasteiger partial charge is 0.573 e. The first-order valence-corrected chi connectivity index (χ1v) is 14.7. The molecule has 1 aromatic carbocycles. The number of hydrazine groups is 1. The Morgan fingerprint density at radius 3 is 2.43 bits per heavy atom. The normalized spacial score (nSPS) is 16.9. The van der Waals surface area contributed by atoms with Crippen LogP contribution < -0.4 is 21.2 Å². The smallest absolute Gasteiger partial charge is 0.405 e. The minimum atomic E-state index is -4.85. The molecule has 0 saturated heterocycles. The molecule has 1 aliphatic heterocycles. The van der Waals surface area contributed by atoms with Crippen LogP contribution in [0.5, 0.6) is 5.75 Å². The number of nitrogen functional groups attached to an aromatic ring is 1. The van der Waals surface area contributed by atoms with Crippen LogP contribution in [0.3, 0.4) is 0 Å². The van der Waals surface area contributed by atoms with Crippen LogP contribution >= 0.6 is 0 Å². The van der Waals surface area contributed by atoms with Gasteiger partial charge in [-0.1, -0.05) is 37.8 Å². The first-order valence-electron chi connectivity index (χ1n) is 11.0. The number of carbonyl (C=O) groups is 1. The van der Waals surface area contributed by atoms with Gasteiger partial charge in [-0.15, -0.1) is 13.2 Å². The lowest BCUT2D eigenvalue weighted by Gasteiger charge is -2.31. The summed E-state index contributed by atoms with van der Waals surface area (Å²) in [5, 5.41) is 3.41. The van der Waals surface area contributed by atoms with Crippen LogP contribution in [0.1, 0.15) is 6.92 Å². The third-order valence-electron chi connectivity index (χ3n) is 5.49. The SMILES string of the molecule is CC1C(C(N)=O)=CN(c2ccc(-c3ccccc3OC(F)(F)F)c(N)n2)N1COCC[Si](C)(C)C. The fraction of sp³-hybridized carbons (Fsp3) is 0.391. The average molecular weight is 510 g/mol. The topological polar surface area (TPSA) is 107 Å². The van der Waals surface area contributed by atoms with Crippen molar-refractivity contribution in [2.75, 3.05) is 24.1 Å². The van der Waals surface area contributed by atoms with E-state index in [-0.39, 0.29) is 35.5 Å². The number of hydrogen-bond acceptors (Lipinski definition) is 7. The molecule has 1 aliphatic rings. The fourth-order valence-electron chi connectivity index (χ4n) is 3.56. The lowest BCUT2D eigenvalue weighted by molar-refractivity contribution is -0.274. The minimum absolute atomic E-state index is 0.00564. The summed E-state index contributed by atoms with van der Waals surface area (Å²) in [6.45, 7) is 9.33. The molecule has 12 heteroatoms. The summed E-state index contributed by atoms with van der Waals surface area (Å²) < 4.78 is 48.6. The summed E-state index contributed by atoms with van der Waals surface area (Å²) in [4.78, 5) is 16.4. The highest BCUT2D eigenvalue weighted by molar-refractivity contribution is 6.76. The molecule has 0 radical (unpaired) electrons. The number of rotatable bonds is 9. The number of hydrogen-bond donors (Lipinski definition) is 2. The summed E-state index contributed by atoms with van der Waals surface area (Å²) in [6.07, 6.45) is -3.28. The molecule has 1 unspecified atom stereocenters. The molecular weight excluding hydrogens is 479 g/mol. The van der Waals surface area contributed by atoms with Crippen LogP contribution in [-0.4, -0.2) is 49.7 Å². The maximum atomic E-state index is 12.8. The molecule has 0 saturated carbocycles. The molecular formula is C23H30F3N5O3Si. The molecule has 1 aromatic heterocycles. The zero-order valence-electron chi connectivity index (χ0n) is 20.1. The Morgan fingerprint density at radius 1 is 1.14 bits per heavy atom. The lowest BCUT2D eigenvalue weighted by Crippen LogP contribution is -2.43. The second-order valence-electron chi connectivity index (χ2n) is 9.40. The molecule has 2 aromatic rings. The molecule has 8 nitrogen and oxygen atoms in total. The van der Waals surface area contributed by atoms with Gasteiger partial charge in [0.1, 0.15) is 24.1 Å². The van der Waals surface area contributed by atoms with Crippen molar-refractivity contribution in [3.05, 3.63) is 48.2 Å². The molecule has 4 N–H and O–H groups in total. The standard InChI is InChI=1S/C23H30F3N5O3Si/c1-15-18(22(28)32)13-30(31(15)14-33-11-12-35(2,3)4)20-10-9-17(21(27)29-20)16-7-5-6-8-19(16)34-23(24,25)26/h5-10,13,15H,11-12,14H2,1-4H3,(H2,27,29)(H2,28,32). The summed E-state index contributed by atoms with van der Waals surface area (Å²) in [6, 6.07) is 9.45. The predicted octanol–water partition coefficient (Wildman–Crippen LogP) is 4.34. The number of alkyl halides is 3. The first-order chi connectivity index (χ1) is 16.3. The third-order valence-corrected chi connectivity index (χ3v) is 7.19. The van der Waals surface area contributed by atoms with Crippen LogP contribution in [-0.2, 0) is 9.53 Å². The Balaban J connectivity index is 1.89. The lowest BCUT2D eigenvalue weighted by atomic mass is 10.1. The molecule has 2 heterocycles. The van der Waals surface area contributed by atoms with Gasteiger partial charge in [0.05, 0.1) is 11.6 Å². The zero-order valence-corrected chi connectivity index (χ0v) is 21.1. The molecule has 0 fully saturated rings. The summed E-state index contributed by atoms with van der Waals surface area (Å²) in [5.74, 6) is -0.606. The number of halogens is 3. The van der Waals surface area contributed by atoms with E-state index in [9.17, 15) is 18.0 Å². The molecule has 190 valence electrons. The monoisotopic (exact) mass is 509 g/mol. The number of amides is 1. The third kappa shape index (κ3) is 6.74. The van der Waals surface area contributed by atoms with Crippen molar-refractivity contribution in [1.29, 1.82) is 0 Å². The highest BCUT2D eigenvalue weighted by atomic mass is 28.3. The van der Waals surface area contributed by atoms with Crippen LogP contribution in [0.4, 0.5) is 24.8 Å². The van der Waals surface area contributed by atoms with Crippen LogP contribution in [0.2, 0.25) is 25.7 Å². The first kappa shape index (κ1) is 26.5. The Kier molecular flexibility index (Phi) is 7.77. The van der Waals surface area contributed by atoms with Gasteiger partial charge in [0.25, 0.3) is 0 Å². The quantitative estimate of drug-likeness (QED) is 0.383. The van der Waals surface area contributed by atoms with Crippen molar-refractivity contribution in [1.82, 2.24) is 9.99 Å². The van der Waals surface area contributed by atoms with E-state index in [0.29, 0.717) is 18.0 Å². The number of pyridine rings is 1. The number of nitrogens with zero attached hydrogens (tertiary/aromatic N) is 3. The molecule has 3 rings (SSSR count). The number of primary amides is 1. The summed E-state index contributed by atoms with van der Waals surface area (Å²) >= 11 is 0. The number of benzene rings is 1. The van der Waals surface area contributed by atoms with E-state index < -0.39 is 20.3 Å². The van der Waals surface area contributed by atoms with E-state index in [1.54, 1.807) is 34.4 Å². The second kappa shape index (κ2) is 10.3. The van der Waals surface area contributed by atoms with Gasteiger partial charge < -0.3 is 20.9 Å². The molecule has 1 atom stereocenters. The predicted molar refractivity (Wildman–Crippen MR) is 131 cm³/mol. The highest BCUT2D eigenvalue weighted by Crippen LogP contribution is 2.37. The van der Waals surface area contributed by atoms with Crippen molar-refractivity contribution < 1.29 is 27.4 Å². The number of para-hydroxylation sites is 1. The number of anilines is 2. The van der Waals surface area contributed by atoms with Gasteiger partial charge in [0.15, 0.2) is 0 Å². The average Bonchev–Trinajstić information content (AvgIpc) is 3.06. The number of aromatic nitrogens is 1. The van der Waals surface area contributed by atoms with Crippen molar-refractivity contribution >= 4 is 25.6 Å². The van der Waals surface area contributed by atoms with E-state index in [1.807, 2.05) is 6.92 Å². The Bertz CT molecular complexity index is 1100. The molecule has 1 amide bonds. The molecule has 0 bridgehead atoms. The van der Waals surface area contributed by atoms with E-state index >= 15 is 0 Å². The van der Waals surface area contributed by atoms with Crippen LogP contribution in [0, 0.1) is 0 Å². The van der Waals surface area contributed by atoms with Crippen LogP contribution in [0.25, 0.3) is 11.1 Å². The van der Waals surface area contributed by atoms with Crippen molar-refractivity contribution in [3.8, 4) is 16.9 Å². The van der Waals surface area contributed by atoms with Crippen molar-refractivity contribution in [3.63, 3.8) is 0 Å². The summed E-state index contributed by atoms with van der Waals surface area (Å²) in [7, 11) is -1.28. The second-order valence-corrected chi connectivity index (χ2v) is 15.0. The number of carbonyl (C=O) groups excluding carboxylic acids is 1. The van der Waals surface area contributed by atoms with Gasteiger partial charge >= 0.3 is 6.36 Å². The maximum Gasteiger partial charge on any atom is 0.573 e. The zero-order chi connectivity index (χ0) is 26.0. The highest BCUT2D eigenvalue weighted by Gasteiger charge is 2.35. The Hall–Kier alpha value is -3.09. The van der Waals surface area contributed by atoms with E-state index in [4.69, 9.17) is 16.2 Å². The van der Waals surface area contributed by atoms with Crippen molar-refractivity contribution in [2.45, 2.75) is 45.0 Å². The van der Waals surface area contributed by atoms with E-state index in [1.165, 1.54) is 18.2 Å². The van der Waals surface area contributed by atoms with E-state index in [2.05, 4.69) is 29.4 Å². The van der Waals surface area contributed by atoms with Gasteiger partial charge in [0, 0.05) is 32.0 Å². The van der Waals surface area contributed by atoms with Gasteiger partial charge in [0.2, 0.25) is 5.91 Å². The minimum Gasteiger partial charge on any atom is -0.405 e. The molecule has 35 heavy (non-hydrogen) atoms. The van der Waals surface area contributed by atoms with Crippen LogP contribution in [0.15, 0.2) is 48.2 Å². The Labute approximate surface area is 203 Å². The Morgan fingerprint density at radius 2 is 1.83 bits per heavy atom. The van der Waals surface area contributed by atoms with Gasteiger partial charge in [-0.05, 0) is 31.2 Å². The van der Waals surface area contributed by atoms with Crippen molar-refractivity contribution in [2.24, 2.45) is 5.73 Å². The van der Waals surface area contributed by atoms with E-state index in [0.717, 1.165) is 6.04 Å². The van der Waals surface area contributed by atoms with Gasteiger partial charge in [-0.25, -0.2) is 4.98 Å².